The number of esters is 1. The second-order valence-corrected chi connectivity index (χ2v) is 5.36. The molecule has 94 valence electrons. The molecule has 0 bridgehead atoms. The van der Waals surface area contributed by atoms with Crippen LogP contribution in [0.15, 0.2) is 24.3 Å². The monoisotopic (exact) mass is 258 g/mol. The van der Waals surface area contributed by atoms with Crippen molar-refractivity contribution in [2.75, 3.05) is 29.9 Å². The van der Waals surface area contributed by atoms with Crippen LogP contribution in [0.4, 0.5) is 11.4 Å². The Bertz CT molecular complexity index is 513. The van der Waals surface area contributed by atoms with E-state index in [1.807, 2.05) is 0 Å². The minimum absolute atomic E-state index is 0.323. The van der Waals surface area contributed by atoms with Gasteiger partial charge in [0.05, 0.1) is 18.5 Å². The number of nitrogen functional groups attached to an aromatic ring is 1. The van der Waals surface area contributed by atoms with Crippen molar-refractivity contribution in [3.8, 4) is 0 Å². The number of carbonyl (C=O) groups is 1. The lowest BCUT2D eigenvalue weighted by atomic mass is 10.3. The Labute approximate surface area is 100 Å². The summed E-state index contributed by atoms with van der Waals surface area (Å²) >= 11 is 0. The zero-order chi connectivity index (χ0) is 13.1. The molecule has 7 heteroatoms. The van der Waals surface area contributed by atoms with Gasteiger partial charge in [0.2, 0.25) is 10.0 Å². The zero-order valence-electron chi connectivity index (χ0n) is 9.58. The van der Waals surface area contributed by atoms with Gasteiger partial charge in [0.25, 0.3) is 0 Å². The number of hydrogen-bond donors (Lipinski definition) is 1. The lowest BCUT2D eigenvalue weighted by Crippen LogP contribution is -2.33. The minimum atomic E-state index is -3.77. The molecule has 0 fully saturated rings. The van der Waals surface area contributed by atoms with Crippen LogP contribution in [0.25, 0.3) is 0 Å². The number of para-hydroxylation sites is 2. The number of anilines is 2. The smallest absolute Gasteiger partial charge is 0.322 e. The third-order valence-corrected chi connectivity index (χ3v) is 3.85. The van der Waals surface area contributed by atoms with Crippen LogP contribution in [0.2, 0.25) is 0 Å². The summed E-state index contributed by atoms with van der Waals surface area (Å²) < 4.78 is 28.9. The number of nitrogens with zero attached hydrogens (tertiary/aromatic N) is 1. The molecule has 0 heterocycles. The molecule has 0 saturated carbocycles. The highest BCUT2D eigenvalue weighted by molar-refractivity contribution is 7.93. The summed E-state index contributed by atoms with van der Waals surface area (Å²) in [6.07, 6.45) is 0. The number of carbonyl (C=O) groups excluding carboxylic acids is 1. The summed E-state index contributed by atoms with van der Waals surface area (Å²) in [4.78, 5) is 11.0. The molecule has 0 unspecified atom stereocenters. The summed E-state index contributed by atoms with van der Waals surface area (Å²) in [5.74, 6) is -1.53. The molecule has 6 nitrogen and oxygen atoms in total. The molecular weight excluding hydrogens is 244 g/mol. The van der Waals surface area contributed by atoms with Gasteiger partial charge in [-0.1, -0.05) is 12.1 Å². The van der Waals surface area contributed by atoms with E-state index in [1.165, 1.54) is 7.05 Å². The largest absolute Gasteiger partial charge is 0.468 e. The predicted molar refractivity (Wildman–Crippen MR) is 65.1 cm³/mol. The molecule has 17 heavy (non-hydrogen) atoms. The number of sulfonamides is 1. The van der Waals surface area contributed by atoms with Gasteiger partial charge in [-0.2, -0.15) is 0 Å². The Balaban J connectivity index is 3.01. The van der Waals surface area contributed by atoms with Crippen molar-refractivity contribution in [1.82, 2.24) is 0 Å². The van der Waals surface area contributed by atoms with Crippen LogP contribution in [-0.2, 0) is 19.6 Å². The van der Waals surface area contributed by atoms with Crippen LogP contribution in [0.1, 0.15) is 0 Å². The number of rotatable bonds is 4. The number of ether oxygens (including phenoxy) is 1. The van der Waals surface area contributed by atoms with Crippen LogP contribution in [0, 0.1) is 0 Å². The normalized spacial score (nSPS) is 10.9. The first-order valence-electron chi connectivity index (χ1n) is 4.76. The molecule has 2 N–H and O–H groups in total. The van der Waals surface area contributed by atoms with E-state index in [0.717, 1.165) is 11.4 Å². The topological polar surface area (TPSA) is 89.7 Å². The number of nitrogens with two attached hydrogens (primary N) is 1. The fourth-order valence-corrected chi connectivity index (χ4v) is 2.30. The SMILES string of the molecule is COC(=O)CS(=O)(=O)N(C)c1ccccc1N. The standard InChI is InChI=1S/C10H14N2O4S/c1-12(9-6-4-3-5-8(9)11)17(14,15)7-10(13)16-2/h3-6H,7,11H2,1-2H3. The van der Waals surface area contributed by atoms with E-state index in [0.29, 0.717) is 11.4 Å². The Morgan fingerprint density at radius 2 is 2.00 bits per heavy atom. The van der Waals surface area contributed by atoms with Crippen molar-refractivity contribution < 1.29 is 17.9 Å². The first-order valence-corrected chi connectivity index (χ1v) is 6.37. The maximum absolute atomic E-state index is 11.8. The Kier molecular flexibility index (Phi) is 3.95. The summed E-state index contributed by atoms with van der Waals surface area (Å²) in [5.41, 5.74) is 6.31. The van der Waals surface area contributed by atoms with E-state index in [9.17, 15) is 13.2 Å². The molecule has 0 aromatic heterocycles. The predicted octanol–water partition coefficient (Wildman–Crippen LogP) is 0.208. The Morgan fingerprint density at radius 1 is 1.41 bits per heavy atom. The summed E-state index contributed by atoms with van der Waals surface area (Å²) in [7, 11) is -1.30. The molecule has 0 amide bonds. The van der Waals surface area contributed by atoms with Crippen LogP contribution >= 0.6 is 0 Å². The van der Waals surface area contributed by atoms with Gasteiger partial charge in [0.1, 0.15) is 0 Å². The van der Waals surface area contributed by atoms with Gasteiger partial charge in [0, 0.05) is 7.05 Å². The molecule has 0 saturated heterocycles. The van der Waals surface area contributed by atoms with E-state index < -0.39 is 21.7 Å². The van der Waals surface area contributed by atoms with Crippen LogP contribution < -0.4 is 10.0 Å². The van der Waals surface area contributed by atoms with E-state index in [2.05, 4.69) is 4.74 Å². The zero-order valence-corrected chi connectivity index (χ0v) is 10.4. The molecule has 0 atom stereocenters. The van der Waals surface area contributed by atoms with Crippen LogP contribution in [-0.4, -0.2) is 34.3 Å². The number of benzene rings is 1. The van der Waals surface area contributed by atoms with Crippen LogP contribution in [0.5, 0.6) is 0 Å². The first kappa shape index (κ1) is 13.3. The molecule has 1 aromatic carbocycles. The average Bonchev–Trinajstić information content (AvgIpc) is 2.28. The van der Waals surface area contributed by atoms with Crippen molar-refractivity contribution in [3.05, 3.63) is 24.3 Å². The Hall–Kier alpha value is -1.76. The molecule has 0 aliphatic carbocycles. The highest BCUT2D eigenvalue weighted by Gasteiger charge is 2.23. The second-order valence-electron chi connectivity index (χ2n) is 3.36. The lowest BCUT2D eigenvalue weighted by molar-refractivity contribution is -0.137. The first-order chi connectivity index (χ1) is 7.88. The fraction of sp³-hybridized carbons (Fsp3) is 0.300. The Morgan fingerprint density at radius 3 is 2.53 bits per heavy atom. The van der Waals surface area contributed by atoms with Gasteiger partial charge < -0.3 is 10.5 Å². The third-order valence-electron chi connectivity index (χ3n) is 2.22. The van der Waals surface area contributed by atoms with Gasteiger partial charge in [-0.25, -0.2) is 8.42 Å². The molecule has 1 rings (SSSR count). The lowest BCUT2D eigenvalue weighted by Gasteiger charge is -2.20. The molecule has 0 radical (unpaired) electrons. The maximum Gasteiger partial charge on any atom is 0.322 e. The van der Waals surface area contributed by atoms with E-state index in [1.54, 1.807) is 24.3 Å². The second kappa shape index (κ2) is 5.05. The highest BCUT2D eigenvalue weighted by atomic mass is 32.2. The van der Waals surface area contributed by atoms with Crippen molar-refractivity contribution in [3.63, 3.8) is 0 Å². The number of methoxy groups -OCH3 is 1. The van der Waals surface area contributed by atoms with Gasteiger partial charge in [-0.05, 0) is 12.1 Å². The third kappa shape index (κ3) is 3.10. The molecule has 0 spiro atoms. The van der Waals surface area contributed by atoms with Crippen molar-refractivity contribution in [2.24, 2.45) is 0 Å². The van der Waals surface area contributed by atoms with Gasteiger partial charge in [-0.15, -0.1) is 0 Å². The molecule has 0 aliphatic heterocycles. The summed E-state index contributed by atoms with van der Waals surface area (Å²) in [6.45, 7) is 0. The van der Waals surface area contributed by atoms with Gasteiger partial charge in [-0.3, -0.25) is 9.10 Å². The van der Waals surface area contributed by atoms with Crippen molar-refractivity contribution in [1.29, 1.82) is 0 Å². The van der Waals surface area contributed by atoms with Gasteiger partial charge >= 0.3 is 5.97 Å². The molecule has 1 aromatic rings. The van der Waals surface area contributed by atoms with Crippen molar-refractivity contribution >= 4 is 27.4 Å². The van der Waals surface area contributed by atoms with E-state index in [-0.39, 0.29) is 0 Å². The van der Waals surface area contributed by atoms with Gasteiger partial charge in [0.15, 0.2) is 5.75 Å². The van der Waals surface area contributed by atoms with Crippen LogP contribution in [0.3, 0.4) is 0 Å². The molecular formula is C10H14N2O4S. The number of hydrogen-bond acceptors (Lipinski definition) is 5. The fourth-order valence-electron chi connectivity index (χ4n) is 1.23. The minimum Gasteiger partial charge on any atom is -0.468 e. The highest BCUT2D eigenvalue weighted by Crippen LogP contribution is 2.23. The quantitative estimate of drug-likeness (QED) is 0.616. The molecule has 0 aliphatic rings. The average molecular weight is 258 g/mol. The summed E-state index contributed by atoms with van der Waals surface area (Å²) in [5, 5.41) is 0. The van der Waals surface area contributed by atoms with Crippen molar-refractivity contribution in [2.45, 2.75) is 0 Å². The van der Waals surface area contributed by atoms with E-state index in [4.69, 9.17) is 5.73 Å². The van der Waals surface area contributed by atoms with E-state index >= 15 is 0 Å². The summed E-state index contributed by atoms with van der Waals surface area (Å²) in [6, 6.07) is 6.50. The maximum atomic E-state index is 11.8.